The molecule has 0 aliphatic rings. The molecule has 1 rings (SSSR count). The number of rotatable bonds is 4. The summed E-state index contributed by atoms with van der Waals surface area (Å²) in [4.78, 5) is 16.1. The molecule has 23 heavy (non-hydrogen) atoms. The molecule has 0 unspecified atom stereocenters. The fourth-order valence-corrected chi connectivity index (χ4v) is 1.84. The molecule has 0 amide bonds. The zero-order valence-corrected chi connectivity index (χ0v) is 14.9. The number of hydrogen-bond donors (Lipinski definition) is 1. The summed E-state index contributed by atoms with van der Waals surface area (Å²) in [5.41, 5.74) is -1.32. The van der Waals surface area contributed by atoms with Crippen molar-refractivity contribution in [2.24, 2.45) is 4.99 Å². The molecule has 0 aliphatic heterocycles. The fourth-order valence-electron chi connectivity index (χ4n) is 1.53. The lowest BCUT2D eigenvalue weighted by atomic mass is 10.1. The van der Waals surface area contributed by atoms with Gasteiger partial charge in [-0.15, -0.1) is 0 Å². The molecule has 0 fully saturated rings. The quantitative estimate of drug-likeness (QED) is 0.272. The number of hydrogen-bond acceptors (Lipinski definition) is 4. The van der Waals surface area contributed by atoms with E-state index >= 15 is 0 Å². The Morgan fingerprint density at radius 2 is 1.96 bits per heavy atom. The van der Waals surface area contributed by atoms with Gasteiger partial charge in [0.25, 0.3) is 0 Å². The third-order valence-corrected chi connectivity index (χ3v) is 3.20. The Bertz CT molecular complexity index is 664. The molecule has 0 aromatic heterocycles. The molecule has 0 aliphatic carbocycles. The molecule has 7 heteroatoms. The number of ether oxygens (including phenoxy) is 1. The predicted molar refractivity (Wildman–Crippen MR) is 88.5 cm³/mol. The average Bonchev–Trinajstić information content (AvgIpc) is 2.41. The molecule has 0 radical (unpaired) electrons. The van der Waals surface area contributed by atoms with E-state index in [0.29, 0.717) is 0 Å². The summed E-state index contributed by atoms with van der Waals surface area (Å²) in [6.45, 7) is 7.00. The first kappa shape index (κ1) is 19.3. The Hall–Kier alpha value is -1.76. The first-order valence-corrected chi connectivity index (χ1v) is 7.66. The van der Waals surface area contributed by atoms with Gasteiger partial charge in [-0.25, -0.2) is 13.6 Å². The second-order valence-electron chi connectivity index (χ2n) is 5.66. The summed E-state index contributed by atoms with van der Waals surface area (Å²) in [6.07, 6.45) is 1.10. The second-order valence-corrected chi connectivity index (χ2v) is 6.51. The van der Waals surface area contributed by atoms with Crippen molar-refractivity contribution in [3.63, 3.8) is 0 Å². The van der Waals surface area contributed by atoms with Gasteiger partial charge in [0.1, 0.15) is 23.0 Å². The molecule has 1 aromatic rings. The van der Waals surface area contributed by atoms with E-state index in [9.17, 15) is 18.7 Å². The number of aliphatic hydroxyl groups excluding tert-OH is 1. The lowest BCUT2D eigenvalue weighted by Crippen LogP contribution is -2.15. The van der Waals surface area contributed by atoms with Crippen LogP contribution in [-0.4, -0.2) is 29.4 Å². The molecule has 0 saturated heterocycles. The predicted octanol–water partition coefficient (Wildman–Crippen LogP) is 4.43. The molecule has 1 aromatic carbocycles. The molecule has 126 valence electrons. The van der Waals surface area contributed by atoms with Crippen LogP contribution in [0.4, 0.5) is 8.78 Å². The highest BCUT2D eigenvalue weighted by atomic mass is 79.9. The third kappa shape index (κ3) is 5.42. The van der Waals surface area contributed by atoms with E-state index < -0.39 is 34.5 Å². The number of aliphatic imine (C=N–C) groups is 1. The lowest BCUT2D eigenvalue weighted by Gasteiger charge is -2.13. The average molecular weight is 390 g/mol. The van der Waals surface area contributed by atoms with Crippen molar-refractivity contribution in [2.45, 2.75) is 33.2 Å². The second kappa shape index (κ2) is 7.68. The Labute approximate surface area is 142 Å². The van der Waals surface area contributed by atoms with Crippen LogP contribution >= 0.6 is 15.9 Å². The monoisotopic (exact) mass is 389 g/mol. The third-order valence-electron chi connectivity index (χ3n) is 2.60. The smallest absolute Gasteiger partial charge is 0.343 e. The highest BCUT2D eigenvalue weighted by Gasteiger charge is 2.21. The molecular formula is C16H18BrF2NO3. The van der Waals surface area contributed by atoms with Crippen molar-refractivity contribution in [1.29, 1.82) is 0 Å². The van der Waals surface area contributed by atoms with Crippen molar-refractivity contribution in [3.05, 3.63) is 39.4 Å². The minimum atomic E-state index is -0.887. The van der Waals surface area contributed by atoms with E-state index in [2.05, 4.69) is 20.9 Å². The summed E-state index contributed by atoms with van der Waals surface area (Å²) in [5, 5.41) is 10.2. The first-order chi connectivity index (χ1) is 10.6. The number of esters is 1. The van der Waals surface area contributed by atoms with Crippen molar-refractivity contribution < 1.29 is 23.4 Å². The topological polar surface area (TPSA) is 58.9 Å². The van der Waals surface area contributed by atoms with E-state index in [4.69, 9.17) is 4.74 Å². The highest BCUT2D eigenvalue weighted by Crippen LogP contribution is 2.26. The van der Waals surface area contributed by atoms with Crippen molar-refractivity contribution >= 4 is 33.9 Å². The lowest BCUT2D eigenvalue weighted by molar-refractivity contribution is -0.137. The van der Waals surface area contributed by atoms with E-state index in [-0.39, 0.29) is 16.7 Å². The maximum atomic E-state index is 14.0. The minimum absolute atomic E-state index is 0.0656. The number of aliphatic hydroxyl groups is 1. The summed E-state index contributed by atoms with van der Waals surface area (Å²) in [6, 6.07) is 1.66. The largest absolute Gasteiger partial charge is 0.506 e. The van der Waals surface area contributed by atoms with Crippen LogP contribution in [0.1, 0.15) is 33.3 Å². The molecule has 0 saturated carbocycles. The van der Waals surface area contributed by atoms with E-state index in [0.717, 1.165) is 18.3 Å². The summed E-state index contributed by atoms with van der Waals surface area (Å²) < 4.78 is 32.3. The standard InChI is InChI=1S/C16H18BrF2NO3/c1-5-23-15(22)10(8-20-16(2,3)4)14(21)9-6-13(19)11(17)7-12(9)18/h6-8,21H,5H2,1-4H3/b14-10+,20-8?. The Morgan fingerprint density at radius 1 is 1.35 bits per heavy atom. The molecule has 1 N–H and O–H groups in total. The van der Waals surface area contributed by atoms with Crippen molar-refractivity contribution in [1.82, 2.24) is 0 Å². The molecular weight excluding hydrogens is 372 g/mol. The Balaban J connectivity index is 3.48. The van der Waals surface area contributed by atoms with Gasteiger partial charge in [-0.3, -0.25) is 4.99 Å². The molecule has 0 heterocycles. The van der Waals surface area contributed by atoms with Crippen molar-refractivity contribution in [2.75, 3.05) is 6.61 Å². The Kier molecular flexibility index (Phi) is 6.44. The fraction of sp³-hybridized carbons (Fsp3) is 0.375. The van der Waals surface area contributed by atoms with Gasteiger partial charge in [-0.05, 0) is 55.8 Å². The molecule has 4 nitrogen and oxygen atoms in total. The summed E-state index contributed by atoms with van der Waals surface area (Å²) in [7, 11) is 0. The maximum Gasteiger partial charge on any atom is 0.343 e. The number of benzene rings is 1. The molecule has 0 spiro atoms. The van der Waals surface area contributed by atoms with Crippen LogP contribution in [0.15, 0.2) is 27.2 Å². The van der Waals surface area contributed by atoms with Crippen LogP contribution in [0.5, 0.6) is 0 Å². The van der Waals surface area contributed by atoms with Crippen LogP contribution < -0.4 is 0 Å². The van der Waals surface area contributed by atoms with Gasteiger partial charge < -0.3 is 9.84 Å². The first-order valence-electron chi connectivity index (χ1n) is 6.87. The van der Waals surface area contributed by atoms with Gasteiger partial charge in [0.2, 0.25) is 0 Å². The van der Waals surface area contributed by atoms with Gasteiger partial charge in [0.15, 0.2) is 0 Å². The highest BCUT2D eigenvalue weighted by molar-refractivity contribution is 9.10. The van der Waals surface area contributed by atoms with Crippen LogP contribution in [0.2, 0.25) is 0 Å². The summed E-state index contributed by atoms with van der Waals surface area (Å²) >= 11 is 2.85. The maximum absolute atomic E-state index is 14.0. The number of carbonyl (C=O) groups excluding carboxylic acids is 1. The van der Waals surface area contributed by atoms with Crippen LogP contribution in [-0.2, 0) is 9.53 Å². The van der Waals surface area contributed by atoms with Gasteiger partial charge in [-0.2, -0.15) is 0 Å². The SMILES string of the molecule is CCOC(=O)/C(C=NC(C)(C)C)=C(/O)c1cc(F)c(Br)cc1F. The zero-order chi connectivity index (χ0) is 17.8. The van der Waals surface area contributed by atoms with Crippen molar-refractivity contribution in [3.8, 4) is 0 Å². The van der Waals surface area contributed by atoms with Gasteiger partial charge in [0, 0.05) is 6.21 Å². The Morgan fingerprint density at radius 3 is 2.48 bits per heavy atom. The number of halogens is 3. The van der Waals surface area contributed by atoms with Crippen LogP contribution in [0.25, 0.3) is 5.76 Å². The normalized spacial score (nSPS) is 13.2. The number of nitrogens with zero attached hydrogens (tertiary/aromatic N) is 1. The van der Waals surface area contributed by atoms with Crippen LogP contribution in [0, 0.1) is 11.6 Å². The zero-order valence-electron chi connectivity index (χ0n) is 13.3. The van der Waals surface area contributed by atoms with E-state index in [1.54, 1.807) is 27.7 Å². The van der Waals surface area contributed by atoms with Crippen LogP contribution in [0.3, 0.4) is 0 Å². The number of carbonyl (C=O) groups is 1. The van der Waals surface area contributed by atoms with E-state index in [1.807, 2.05) is 0 Å². The van der Waals surface area contributed by atoms with Gasteiger partial charge in [-0.1, -0.05) is 0 Å². The van der Waals surface area contributed by atoms with E-state index in [1.165, 1.54) is 0 Å². The van der Waals surface area contributed by atoms with Gasteiger partial charge in [0.05, 0.1) is 22.2 Å². The minimum Gasteiger partial charge on any atom is -0.506 e. The van der Waals surface area contributed by atoms with Gasteiger partial charge >= 0.3 is 5.97 Å². The molecule has 0 atom stereocenters. The molecule has 0 bridgehead atoms. The summed E-state index contributed by atoms with van der Waals surface area (Å²) in [5.74, 6) is -3.27.